The van der Waals surface area contributed by atoms with Gasteiger partial charge in [-0.3, -0.25) is 9.59 Å². The molecule has 1 aromatic carbocycles. The van der Waals surface area contributed by atoms with E-state index in [0.29, 0.717) is 30.6 Å². The topological polar surface area (TPSA) is 78.4 Å². The van der Waals surface area contributed by atoms with Crippen LogP contribution in [0, 0.1) is 5.92 Å². The van der Waals surface area contributed by atoms with Crippen LogP contribution in [-0.4, -0.2) is 29.6 Å². The summed E-state index contributed by atoms with van der Waals surface area (Å²) in [5.41, 5.74) is 0.864. The number of benzene rings is 1. The van der Waals surface area contributed by atoms with E-state index in [1.165, 1.54) is 0 Å². The lowest BCUT2D eigenvalue weighted by Crippen LogP contribution is -2.30. The van der Waals surface area contributed by atoms with Crippen LogP contribution in [0.2, 0.25) is 0 Å². The minimum Gasteiger partial charge on any atom is -0.392 e. The number of carbonyl (C=O) groups excluding carboxylic acids is 2. The van der Waals surface area contributed by atoms with E-state index in [1.54, 1.807) is 30.3 Å². The monoisotopic (exact) mass is 288 g/mol. The van der Waals surface area contributed by atoms with E-state index in [1.807, 2.05) is 0 Å². The summed E-state index contributed by atoms with van der Waals surface area (Å²) in [5, 5.41) is 15.2. The van der Waals surface area contributed by atoms with Crippen LogP contribution in [0.1, 0.15) is 29.6 Å². The van der Waals surface area contributed by atoms with E-state index in [2.05, 4.69) is 17.2 Å². The van der Waals surface area contributed by atoms with Gasteiger partial charge in [0.2, 0.25) is 5.91 Å². The van der Waals surface area contributed by atoms with Crippen molar-refractivity contribution >= 4 is 17.5 Å². The number of aliphatic hydroxyl groups is 1. The fourth-order valence-electron chi connectivity index (χ4n) is 2.52. The smallest absolute Gasteiger partial charge is 0.253 e. The molecule has 0 heterocycles. The van der Waals surface area contributed by atoms with Crippen LogP contribution in [0.5, 0.6) is 0 Å². The Kier molecular flexibility index (Phi) is 5.11. The highest BCUT2D eigenvalue weighted by atomic mass is 16.3. The second-order valence-electron chi connectivity index (χ2n) is 5.14. The largest absolute Gasteiger partial charge is 0.392 e. The highest BCUT2D eigenvalue weighted by Crippen LogP contribution is 2.27. The van der Waals surface area contributed by atoms with E-state index in [9.17, 15) is 14.7 Å². The van der Waals surface area contributed by atoms with Crippen molar-refractivity contribution in [3.05, 3.63) is 42.5 Å². The summed E-state index contributed by atoms with van der Waals surface area (Å²) in [6.07, 6.45) is 3.18. The Morgan fingerprint density at radius 2 is 2.10 bits per heavy atom. The molecule has 5 heteroatoms. The highest BCUT2D eigenvalue weighted by Gasteiger charge is 2.31. The minimum absolute atomic E-state index is 0.232. The molecular formula is C16H20N2O3. The maximum Gasteiger partial charge on any atom is 0.253 e. The summed E-state index contributed by atoms with van der Waals surface area (Å²) < 4.78 is 0. The van der Waals surface area contributed by atoms with Gasteiger partial charge in [0.15, 0.2) is 0 Å². The van der Waals surface area contributed by atoms with Gasteiger partial charge < -0.3 is 15.7 Å². The average molecular weight is 288 g/mol. The van der Waals surface area contributed by atoms with Crippen molar-refractivity contribution in [2.75, 3.05) is 11.9 Å². The van der Waals surface area contributed by atoms with E-state index in [4.69, 9.17) is 0 Å². The van der Waals surface area contributed by atoms with Gasteiger partial charge in [0.25, 0.3) is 5.91 Å². The number of rotatable bonds is 5. The summed E-state index contributed by atoms with van der Waals surface area (Å²) in [6.45, 7) is 3.91. The summed E-state index contributed by atoms with van der Waals surface area (Å²) in [5.74, 6) is -0.893. The predicted molar refractivity (Wildman–Crippen MR) is 80.9 cm³/mol. The first kappa shape index (κ1) is 15.3. The molecule has 1 fully saturated rings. The van der Waals surface area contributed by atoms with Crippen LogP contribution >= 0.6 is 0 Å². The molecule has 1 aromatic rings. The van der Waals surface area contributed by atoms with Gasteiger partial charge in [-0.15, -0.1) is 6.58 Å². The van der Waals surface area contributed by atoms with Crippen molar-refractivity contribution in [1.29, 1.82) is 0 Å². The van der Waals surface area contributed by atoms with Crippen molar-refractivity contribution < 1.29 is 14.7 Å². The van der Waals surface area contributed by atoms with E-state index in [0.717, 1.165) is 6.42 Å². The molecule has 1 saturated carbocycles. The number of carbonyl (C=O) groups is 2. The number of hydrogen-bond acceptors (Lipinski definition) is 3. The molecule has 0 radical (unpaired) electrons. The summed E-state index contributed by atoms with van der Waals surface area (Å²) in [7, 11) is 0. The Morgan fingerprint density at radius 1 is 1.33 bits per heavy atom. The average Bonchev–Trinajstić information content (AvgIpc) is 2.91. The molecule has 0 saturated heterocycles. The van der Waals surface area contributed by atoms with Gasteiger partial charge in [-0.05, 0) is 31.4 Å². The lowest BCUT2D eigenvalue weighted by Gasteiger charge is -2.16. The Bertz CT molecular complexity index is 542. The van der Waals surface area contributed by atoms with Gasteiger partial charge in [-0.1, -0.05) is 18.2 Å². The van der Waals surface area contributed by atoms with Gasteiger partial charge in [0, 0.05) is 6.54 Å². The molecule has 2 rings (SSSR count). The van der Waals surface area contributed by atoms with Crippen LogP contribution in [0.3, 0.4) is 0 Å². The second kappa shape index (κ2) is 7.04. The first-order chi connectivity index (χ1) is 10.1. The molecule has 3 N–H and O–H groups in total. The second-order valence-corrected chi connectivity index (χ2v) is 5.14. The van der Waals surface area contributed by atoms with Crippen LogP contribution in [-0.2, 0) is 4.79 Å². The van der Waals surface area contributed by atoms with E-state index < -0.39 is 12.0 Å². The molecule has 1 aliphatic rings. The Hall–Kier alpha value is -2.14. The zero-order chi connectivity index (χ0) is 15.2. The third kappa shape index (κ3) is 3.70. The third-order valence-electron chi connectivity index (χ3n) is 3.65. The molecule has 21 heavy (non-hydrogen) atoms. The third-order valence-corrected chi connectivity index (χ3v) is 3.65. The van der Waals surface area contributed by atoms with Crippen molar-refractivity contribution in [3.63, 3.8) is 0 Å². The summed E-state index contributed by atoms with van der Waals surface area (Å²) in [4.78, 5) is 24.2. The van der Waals surface area contributed by atoms with Gasteiger partial charge in [0.05, 0.1) is 23.3 Å². The predicted octanol–water partition coefficient (Wildman–Crippen LogP) is 1.70. The van der Waals surface area contributed by atoms with Crippen LogP contribution in [0.25, 0.3) is 0 Å². The highest BCUT2D eigenvalue weighted by molar-refractivity contribution is 6.04. The minimum atomic E-state index is -0.591. The van der Waals surface area contributed by atoms with Crippen molar-refractivity contribution in [3.8, 4) is 0 Å². The molecule has 2 amide bonds. The normalized spacial score (nSPS) is 20.8. The Morgan fingerprint density at radius 3 is 2.76 bits per heavy atom. The fourth-order valence-corrected chi connectivity index (χ4v) is 2.52. The zero-order valence-corrected chi connectivity index (χ0v) is 11.8. The number of hydrogen-bond donors (Lipinski definition) is 3. The maximum atomic E-state index is 12.2. The quantitative estimate of drug-likeness (QED) is 0.722. The number of nitrogens with one attached hydrogen (secondary N) is 2. The molecule has 0 bridgehead atoms. The molecule has 5 nitrogen and oxygen atoms in total. The van der Waals surface area contributed by atoms with E-state index >= 15 is 0 Å². The van der Waals surface area contributed by atoms with Crippen LogP contribution in [0.4, 0.5) is 5.69 Å². The lowest BCUT2D eigenvalue weighted by atomic mass is 10.0. The van der Waals surface area contributed by atoms with Gasteiger partial charge in [-0.25, -0.2) is 0 Å². The Labute approximate surface area is 124 Å². The number of amides is 2. The molecular weight excluding hydrogens is 268 g/mol. The van der Waals surface area contributed by atoms with Gasteiger partial charge in [0.1, 0.15) is 0 Å². The fraction of sp³-hybridized carbons (Fsp3) is 0.375. The number of aliphatic hydroxyl groups excluding tert-OH is 1. The van der Waals surface area contributed by atoms with Gasteiger partial charge >= 0.3 is 0 Å². The molecule has 0 spiro atoms. The molecule has 1 aliphatic carbocycles. The summed E-state index contributed by atoms with van der Waals surface area (Å²) in [6, 6.07) is 6.83. The molecule has 2 atom stereocenters. The molecule has 0 aliphatic heterocycles. The van der Waals surface area contributed by atoms with Crippen molar-refractivity contribution in [1.82, 2.24) is 5.32 Å². The SMILES string of the molecule is C=CCNC(=O)c1ccccc1NC(=O)C1CCCC1O. The number of anilines is 1. The maximum absolute atomic E-state index is 12.2. The van der Waals surface area contributed by atoms with Crippen molar-refractivity contribution in [2.24, 2.45) is 5.92 Å². The standard InChI is InChI=1S/C16H20N2O3/c1-2-10-17-15(20)11-6-3-4-8-13(11)18-16(21)12-7-5-9-14(12)19/h2-4,6,8,12,14,19H,1,5,7,9-10H2,(H,17,20)(H,18,21). The number of para-hydroxylation sites is 1. The summed E-state index contributed by atoms with van der Waals surface area (Å²) >= 11 is 0. The first-order valence-corrected chi connectivity index (χ1v) is 7.10. The zero-order valence-electron chi connectivity index (χ0n) is 11.8. The lowest BCUT2D eigenvalue weighted by molar-refractivity contribution is -0.122. The van der Waals surface area contributed by atoms with Gasteiger partial charge in [-0.2, -0.15) is 0 Å². The molecule has 0 aromatic heterocycles. The van der Waals surface area contributed by atoms with E-state index in [-0.39, 0.29) is 11.8 Å². The van der Waals surface area contributed by atoms with Crippen LogP contribution in [0.15, 0.2) is 36.9 Å². The first-order valence-electron chi connectivity index (χ1n) is 7.10. The van der Waals surface area contributed by atoms with Crippen LogP contribution < -0.4 is 10.6 Å². The molecule has 112 valence electrons. The Balaban J connectivity index is 2.11. The molecule has 2 unspecified atom stereocenters. The van der Waals surface area contributed by atoms with Crippen molar-refractivity contribution in [2.45, 2.75) is 25.4 Å².